The van der Waals surface area contributed by atoms with Crippen molar-refractivity contribution in [1.29, 1.82) is 0 Å². The third-order valence-electron chi connectivity index (χ3n) is 4.16. The van der Waals surface area contributed by atoms with Crippen molar-refractivity contribution in [2.75, 3.05) is 44.6 Å². The molecule has 1 fully saturated rings. The van der Waals surface area contributed by atoms with Crippen LogP contribution in [0.3, 0.4) is 0 Å². The Morgan fingerprint density at radius 1 is 1.25 bits per heavy atom. The smallest absolute Gasteiger partial charge is 0.262 e. The Morgan fingerprint density at radius 3 is 2.62 bits per heavy atom. The zero-order valence-electron chi connectivity index (χ0n) is 13.4. The molecule has 24 heavy (non-hydrogen) atoms. The average molecular weight is 374 g/mol. The minimum Gasteiger partial charge on any atom is -0.482 e. The fourth-order valence-corrected chi connectivity index (χ4v) is 4.87. The number of nitrogens with zero attached hydrogens (tertiary/aromatic N) is 2. The number of hydrogen-bond donors (Lipinski definition) is 1. The summed E-state index contributed by atoms with van der Waals surface area (Å²) in [5.41, 5.74) is 0.392. The van der Waals surface area contributed by atoms with E-state index in [1.54, 1.807) is 0 Å². The van der Waals surface area contributed by atoms with E-state index in [1.165, 1.54) is 16.4 Å². The highest BCUT2D eigenvalue weighted by molar-refractivity contribution is 7.89. The predicted molar refractivity (Wildman–Crippen MR) is 91.1 cm³/mol. The first-order chi connectivity index (χ1) is 11.4. The van der Waals surface area contributed by atoms with Crippen LogP contribution in [0.2, 0.25) is 5.02 Å². The molecule has 1 aromatic carbocycles. The molecule has 2 heterocycles. The summed E-state index contributed by atoms with van der Waals surface area (Å²) in [6.07, 6.45) is 1.05. The number of rotatable bonds is 4. The van der Waals surface area contributed by atoms with E-state index in [1.807, 2.05) is 0 Å². The molecule has 1 aromatic rings. The van der Waals surface area contributed by atoms with Crippen LogP contribution in [0.15, 0.2) is 17.0 Å². The normalized spacial score (nSPS) is 19.5. The van der Waals surface area contributed by atoms with Gasteiger partial charge in [0.1, 0.15) is 10.6 Å². The van der Waals surface area contributed by atoms with Gasteiger partial charge in [-0.2, -0.15) is 4.31 Å². The first kappa shape index (κ1) is 17.5. The van der Waals surface area contributed by atoms with Crippen LogP contribution in [0, 0.1) is 0 Å². The second kappa shape index (κ2) is 6.87. The quantitative estimate of drug-likeness (QED) is 0.862. The number of sulfonamides is 1. The molecule has 9 heteroatoms. The Balaban J connectivity index is 1.84. The molecule has 1 saturated heterocycles. The van der Waals surface area contributed by atoms with Gasteiger partial charge in [-0.15, -0.1) is 0 Å². The summed E-state index contributed by atoms with van der Waals surface area (Å²) in [4.78, 5) is 13.6. The highest BCUT2D eigenvalue weighted by Crippen LogP contribution is 2.36. The van der Waals surface area contributed by atoms with Crippen molar-refractivity contribution in [3.8, 4) is 5.75 Å². The second-order valence-electron chi connectivity index (χ2n) is 5.86. The highest BCUT2D eigenvalue weighted by atomic mass is 35.5. The molecule has 0 aromatic heterocycles. The summed E-state index contributed by atoms with van der Waals surface area (Å²) >= 11 is 6.17. The lowest BCUT2D eigenvalue weighted by Crippen LogP contribution is -2.48. The molecular formula is C15H20ClN3O4S. The van der Waals surface area contributed by atoms with Crippen LogP contribution in [-0.2, 0) is 14.8 Å². The summed E-state index contributed by atoms with van der Waals surface area (Å²) in [6.45, 7) is 5.24. The SMILES string of the molecule is CCCN1CCN(S(=O)(=O)c2cc3c(cc2Cl)NC(=O)CO3)CC1. The van der Waals surface area contributed by atoms with Crippen molar-refractivity contribution in [3.05, 3.63) is 17.2 Å². The lowest BCUT2D eigenvalue weighted by molar-refractivity contribution is -0.118. The van der Waals surface area contributed by atoms with Gasteiger partial charge >= 0.3 is 0 Å². The van der Waals surface area contributed by atoms with E-state index in [9.17, 15) is 13.2 Å². The molecule has 1 amide bonds. The molecule has 0 spiro atoms. The molecule has 0 saturated carbocycles. The van der Waals surface area contributed by atoms with Gasteiger partial charge in [0.2, 0.25) is 10.0 Å². The first-order valence-corrected chi connectivity index (χ1v) is 9.72. The van der Waals surface area contributed by atoms with Crippen molar-refractivity contribution in [2.45, 2.75) is 18.2 Å². The van der Waals surface area contributed by atoms with Crippen LogP contribution in [0.25, 0.3) is 0 Å². The van der Waals surface area contributed by atoms with Gasteiger partial charge in [0.15, 0.2) is 6.61 Å². The average Bonchev–Trinajstić information content (AvgIpc) is 2.54. The number of carbonyl (C=O) groups excluding carboxylic acids is 1. The van der Waals surface area contributed by atoms with Crippen LogP contribution in [0.1, 0.15) is 13.3 Å². The maximum atomic E-state index is 12.9. The van der Waals surface area contributed by atoms with E-state index in [0.717, 1.165) is 13.0 Å². The monoisotopic (exact) mass is 373 g/mol. The van der Waals surface area contributed by atoms with E-state index in [4.69, 9.17) is 16.3 Å². The third kappa shape index (κ3) is 3.37. The number of carbonyl (C=O) groups is 1. The predicted octanol–water partition coefficient (Wildman–Crippen LogP) is 1.39. The first-order valence-electron chi connectivity index (χ1n) is 7.90. The summed E-state index contributed by atoms with van der Waals surface area (Å²) < 4.78 is 32.6. The van der Waals surface area contributed by atoms with Gasteiger partial charge in [-0.05, 0) is 19.0 Å². The van der Waals surface area contributed by atoms with Gasteiger partial charge in [0.25, 0.3) is 5.91 Å². The minimum absolute atomic E-state index is 0.0167. The standard InChI is InChI=1S/C15H20ClN3O4S/c1-2-3-18-4-6-19(7-5-18)24(21,22)14-9-13-12(8-11(14)16)17-15(20)10-23-13/h8-9H,2-7,10H2,1H3,(H,17,20). The molecule has 0 atom stereocenters. The second-order valence-corrected chi connectivity index (χ2v) is 8.17. The number of nitrogens with one attached hydrogen (secondary N) is 1. The van der Waals surface area contributed by atoms with Crippen LogP contribution in [0.4, 0.5) is 5.69 Å². The number of amides is 1. The largest absolute Gasteiger partial charge is 0.482 e. The van der Waals surface area contributed by atoms with E-state index >= 15 is 0 Å². The van der Waals surface area contributed by atoms with Crippen LogP contribution >= 0.6 is 11.6 Å². The van der Waals surface area contributed by atoms with Crippen LogP contribution < -0.4 is 10.1 Å². The van der Waals surface area contributed by atoms with Crippen molar-refractivity contribution >= 4 is 33.2 Å². The summed E-state index contributed by atoms with van der Waals surface area (Å²) in [5, 5.41) is 2.69. The van der Waals surface area contributed by atoms with Crippen molar-refractivity contribution in [3.63, 3.8) is 0 Å². The van der Waals surface area contributed by atoms with Crippen LogP contribution in [-0.4, -0.2) is 62.9 Å². The van der Waals surface area contributed by atoms with Gasteiger partial charge < -0.3 is 15.0 Å². The fourth-order valence-electron chi connectivity index (χ4n) is 2.93. The zero-order valence-corrected chi connectivity index (χ0v) is 15.0. The lowest BCUT2D eigenvalue weighted by atomic mass is 10.2. The molecule has 0 unspecified atom stereocenters. The summed E-state index contributed by atoms with van der Waals surface area (Å²) in [6, 6.07) is 2.82. The van der Waals surface area contributed by atoms with E-state index < -0.39 is 10.0 Å². The molecular weight excluding hydrogens is 354 g/mol. The number of fused-ring (bicyclic) bond motifs is 1. The highest BCUT2D eigenvalue weighted by Gasteiger charge is 2.31. The van der Waals surface area contributed by atoms with Crippen molar-refractivity contribution in [1.82, 2.24) is 9.21 Å². The Hall–Kier alpha value is -1.35. The molecule has 0 aliphatic carbocycles. The molecule has 1 N–H and O–H groups in total. The minimum atomic E-state index is -3.70. The molecule has 7 nitrogen and oxygen atoms in total. The van der Waals surface area contributed by atoms with E-state index in [-0.39, 0.29) is 22.4 Å². The molecule has 0 bridgehead atoms. The maximum absolute atomic E-state index is 12.9. The van der Waals surface area contributed by atoms with Gasteiger partial charge in [-0.25, -0.2) is 8.42 Å². The topological polar surface area (TPSA) is 79.0 Å². The molecule has 0 radical (unpaired) electrons. The van der Waals surface area contributed by atoms with Gasteiger partial charge in [-0.3, -0.25) is 4.79 Å². The molecule has 2 aliphatic rings. The number of halogens is 1. The van der Waals surface area contributed by atoms with Crippen molar-refractivity contribution in [2.24, 2.45) is 0 Å². The molecule has 132 valence electrons. The van der Waals surface area contributed by atoms with Crippen LogP contribution in [0.5, 0.6) is 5.75 Å². The van der Waals surface area contributed by atoms with E-state index in [2.05, 4.69) is 17.1 Å². The lowest BCUT2D eigenvalue weighted by Gasteiger charge is -2.34. The Labute approximate surface area is 146 Å². The number of piperazine rings is 1. The van der Waals surface area contributed by atoms with Crippen molar-refractivity contribution < 1.29 is 17.9 Å². The Morgan fingerprint density at radius 2 is 1.96 bits per heavy atom. The maximum Gasteiger partial charge on any atom is 0.262 e. The number of ether oxygens (including phenoxy) is 1. The Bertz CT molecular complexity index is 745. The third-order valence-corrected chi connectivity index (χ3v) is 6.52. The summed E-state index contributed by atoms with van der Waals surface area (Å²) in [7, 11) is -3.70. The van der Waals surface area contributed by atoms with E-state index in [0.29, 0.717) is 37.6 Å². The Kier molecular flexibility index (Phi) is 5.00. The number of hydrogen-bond acceptors (Lipinski definition) is 5. The molecule has 3 rings (SSSR count). The summed E-state index contributed by atoms with van der Waals surface area (Å²) in [5.74, 6) is 0.0309. The van der Waals surface area contributed by atoms with Gasteiger partial charge in [-0.1, -0.05) is 18.5 Å². The number of anilines is 1. The van der Waals surface area contributed by atoms with Gasteiger partial charge in [0.05, 0.1) is 10.7 Å². The number of benzene rings is 1. The zero-order chi connectivity index (χ0) is 17.3. The van der Waals surface area contributed by atoms with Gasteiger partial charge in [0, 0.05) is 32.2 Å². The fraction of sp³-hybridized carbons (Fsp3) is 0.533. The molecule has 2 aliphatic heterocycles.